The number of hydrogen-bond donors (Lipinski definition) is 0. The van der Waals surface area contributed by atoms with Crippen LogP contribution < -0.4 is 0 Å². The molecule has 1 aromatic rings. The number of aryl methyl sites for hydroxylation is 3. The van der Waals surface area contributed by atoms with Crippen LogP contribution in [0.25, 0.3) is 0 Å². The van der Waals surface area contributed by atoms with Gasteiger partial charge < -0.3 is 0 Å². The third-order valence-corrected chi connectivity index (χ3v) is 3.79. The summed E-state index contributed by atoms with van der Waals surface area (Å²) in [5.74, 6) is 2.10. The van der Waals surface area contributed by atoms with Gasteiger partial charge in [0.25, 0.3) is 0 Å². The van der Waals surface area contributed by atoms with Crippen molar-refractivity contribution in [1.82, 2.24) is 0 Å². The van der Waals surface area contributed by atoms with Crippen LogP contribution in [0.15, 0.2) is 12.1 Å². The zero-order valence-corrected chi connectivity index (χ0v) is 12.6. The molecule has 0 bridgehead atoms. The van der Waals surface area contributed by atoms with Gasteiger partial charge in [0.2, 0.25) is 0 Å². The normalized spacial score (nSPS) is 13.1. The summed E-state index contributed by atoms with van der Waals surface area (Å²) in [6.45, 7) is 11.1. The van der Waals surface area contributed by atoms with E-state index in [1.165, 1.54) is 28.7 Å². The lowest BCUT2D eigenvalue weighted by Crippen LogP contribution is -2.11. The van der Waals surface area contributed by atoms with Crippen molar-refractivity contribution in [3.05, 3.63) is 34.4 Å². The van der Waals surface area contributed by atoms with Crippen molar-refractivity contribution in [2.24, 2.45) is 11.8 Å². The summed E-state index contributed by atoms with van der Waals surface area (Å²) >= 11 is 6.10. The molecule has 0 amide bonds. The Hall–Kier alpha value is -0.490. The van der Waals surface area contributed by atoms with Crippen LogP contribution in [0.4, 0.5) is 0 Å². The summed E-state index contributed by atoms with van der Waals surface area (Å²) in [6.07, 6.45) is 2.34. The van der Waals surface area contributed by atoms with Gasteiger partial charge in [0.15, 0.2) is 0 Å². The van der Waals surface area contributed by atoms with Gasteiger partial charge in [-0.05, 0) is 62.1 Å². The van der Waals surface area contributed by atoms with E-state index in [-0.39, 0.29) is 0 Å². The molecule has 0 aliphatic carbocycles. The topological polar surface area (TPSA) is 0 Å². The third kappa shape index (κ3) is 4.35. The maximum Gasteiger partial charge on any atom is 0.0255 e. The van der Waals surface area contributed by atoms with E-state index in [2.05, 4.69) is 46.8 Å². The summed E-state index contributed by atoms with van der Waals surface area (Å²) in [5, 5.41) is 0. The summed E-state index contributed by atoms with van der Waals surface area (Å²) in [6, 6.07) is 4.56. The van der Waals surface area contributed by atoms with Crippen LogP contribution in [0.5, 0.6) is 0 Å². The van der Waals surface area contributed by atoms with Gasteiger partial charge in [0, 0.05) is 5.88 Å². The molecule has 1 heteroatoms. The predicted molar refractivity (Wildman–Crippen MR) is 78.0 cm³/mol. The van der Waals surface area contributed by atoms with E-state index in [9.17, 15) is 0 Å². The maximum absolute atomic E-state index is 6.10. The van der Waals surface area contributed by atoms with E-state index in [0.29, 0.717) is 5.92 Å². The minimum Gasteiger partial charge on any atom is -0.126 e. The molecule has 1 rings (SSSR count). The predicted octanol–water partition coefficient (Wildman–Crippen LogP) is 5.06. The molecule has 0 N–H and O–H groups in total. The molecule has 0 radical (unpaired) electrons. The Morgan fingerprint density at radius 3 is 2.00 bits per heavy atom. The fraction of sp³-hybridized carbons (Fsp3) is 0.625. The molecule has 0 aliphatic heterocycles. The van der Waals surface area contributed by atoms with Gasteiger partial charge in [-0.15, -0.1) is 11.6 Å². The molecular formula is C16H25Cl. The van der Waals surface area contributed by atoms with E-state index < -0.39 is 0 Å². The van der Waals surface area contributed by atoms with Gasteiger partial charge in [-0.3, -0.25) is 0 Å². The first-order valence-corrected chi connectivity index (χ1v) is 7.10. The van der Waals surface area contributed by atoms with E-state index in [4.69, 9.17) is 11.6 Å². The van der Waals surface area contributed by atoms with Crippen LogP contribution in [-0.4, -0.2) is 5.88 Å². The summed E-state index contributed by atoms with van der Waals surface area (Å²) in [5.41, 5.74) is 5.69. The molecule has 0 aromatic heterocycles. The molecule has 1 atom stereocenters. The quantitative estimate of drug-likeness (QED) is 0.643. The lowest BCUT2D eigenvalue weighted by atomic mass is 9.88. The fourth-order valence-electron chi connectivity index (χ4n) is 2.69. The van der Waals surface area contributed by atoms with Gasteiger partial charge in [-0.25, -0.2) is 0 Å². The molecule has 17 heavy (non-hydrogen) atoms. The molecule has 0 nitrogen and oxygen atoms in total. The van der Waals surface area contributed by atoms with Gasteiger partial charge >= 0.3 is 0 Å². The van der Waals surface area contributed by atoms with Gasteiger partial charge in [0.05, 0.1) is 0 Å². The number of benzene rings is 1. The van der Waals surface area contributed by atoms with E-state index in [1.54, 1.807) is 0 Å². The monoisotopic (exact) mass is 252 g/mol. The van der Waals surface area contributed by atoms with E-state index in [1.807, 2.05) is 0 Å². The Kier molecular flexibility index (Phi) is 5.52. The highest BCUT2D eigenvalue weighted by Crippen LogP contribution is 2.24. The SMILES string of the molecule is Cc1cc(C)c(CC(CCl)CC(C)C)c(C)c1. The molecule has 1 unspecified atom stereocenters. The van der Waals surface area contributed by atoms with Crippen LogP contribution in [-0.2, 0) is 6.42 Å². The van der Waals surface area contributed by atoms with Crippen molar-refractivity contribution in [2.75, 3.05) is 5.88 Å². The van der Waals surface area contributed by atoms with Crippen molar-refractivity contribution in [3.63, 3.8) is 0 Å². The highest BCUT2D eigenvalue weighted by Gasteiger charge is 2.13. The first-order chi connectivity index (χ1) is 7.93. The van der Waals surface area contributed by atoms with Crippen molar-refractivity contribution >= 4 is 11.6 Å². The minimum atomic E-state index is 0.608. The maximum atomic E-state index is 6.10. The van der Waals surface area contributed by atoms with Crippen molar-refractivity contribution in [3.8, 4) is 0 Å². The fourth-order valence-corrected chi connectivity index (χ4v) is 2.92. The molecule has 0 saturated heterocycles. The van der Waals surface area contributed by atoms with Crippen molar-refractivity contribution < 1.29 is 0 Å². The van der Waals surface area contributed by atoms with Gasteiger partial charge in [0.1, 0.15) is 0 Å². The molecule has 96 valence electrons. The highest BCUT2D eigenvalue weighted by atomic mass is 35.5. The third-order valence-electron chi connectivity index (χ3n) is 3.36. The Bertz CT molecular complexity index is 343. The molecule has 0 saturated carbocycles. The average Bonchev–Trinajstić information content (AvgIpc) is 2.20. The van der Waals surface area contributed by atoms with Crippen LogP contribution in [0.1, 0.15) is 42.5 Å². The number of hydrogen-bond acceptors (Lipinski definition) is 0. The largest absolute Gasteiger partial charge is 0.126 e. The molecular weight excluding hydrogens is 228 g/mol. The van der Waals surface area contributed by atoms with Gasteiger partial charge in [-0.2, -0.15) is 0 Å². The summed E-state index contributed by atoms with van der Waals surface area (Å²) < 4.78 is 0. The summed E-state index contributed by atoms with van der Waals surface area (Å²) in [7, 11) is 0. The standard InChI is InChI=1S/C16H25Cl/c1-11(2)6-15(10-17)9-16-13(4)7-12(3)8-14(16)5/h7-8,11,15H,6,9-10H2,1-5H3. The molecule has 0 aliphatic rings. The second kappa shape index (κ2) is 6.44. The Morgan fingerprint density at radius 2 is 1.59 bits per heavy atom. The van der Waals surface area contributed by atoms with Crippen LogP contribution >= 0.6 is 11.6 Å². The molecule has 0 fully saturated rings. The second-order valence-corrected chi connectivity index (χ2v) is 6.04. The van der Waals surface area contributed by atoms with Gasteiger partial charge in [-0.1, -0.05) is 31.5 Å². The number of halogens is 1. The Labute approximate surface area is 111 Å². The Morgan fingerprint density at radius 1 is 1.06 bits per heavy atom. The van der Waals surface area contributed by atoms with Crippen LogP contribution in [0.3, 0.4) is 0 Å². The first-order valence-electron chi connectivity index (χ1n) is 6.56. The Balaban J connectivity index is 2.86. The zero-order valence-electron chi connectivity index (χ0n) is 11.8. The smallest absolute Gasteiger partial charge is 0.0255 e. The highest BCUT2D eigenvalue weighted by molar-refractivity contribution is 6.18. The van der Waals surface area contributed by atoms with Crippen LogP contribution in [0, 0.1) is 32.6 Å². The zero-order chi connectivity index (χ0) is 13.0. The average molecular weight is 253 g/mol. The lowest BCUT2D eigenvalue weighted by molar-refractivity contribution is 0.440. The van der Waals surface area contributed by atoms with Crippen molar-refractivity contribution in [1.29, 1.82) is 0 Å². The number of alkyl halides is 1. The lowest BCUT2D eigenvalue weighted by Gasteiger charge is -2.19. The van der Waals surface area contributed by atoms with E-state index >= 15 is 0 Å². The van der Waals surface area contributed by atoms with E-state index in [0.717, 1.165) is 18.2 Å². The number of rotatable bonds is 5. The second-order valence-electron chi connectivity index (χ2n) is 5.73. The molecule has 0 heterocycles. The summed E-state index contributed by atoms with van der Waals surface area (Å²) in [4.78, 5) is 0. The molecule has 0 spiro atoms. The first kappa shape index (κ1) is 14.6. The minimum absolute atomic E-state index is 0.608. The van der Waals surface area contributed by atoms with Crippen LogP contribution in [0.2, 0.25) is 0 Å². The molecule has 1 aromatic carbocycles. The van der Waals surface area contributed by atoms with Crippen molar-refractivity contribution in [2.45, 2.75) is 47.5 Å².